The molecule has 8 heteroatoms. The Morgan fingerprint density at radius 3 is 2.43 bits per heavy atom. The molecule has 1 aliphatic heterocycles. The summed E-state index contributed by atoms with van der Waals surface area (Å²) in [6.07, 6.45) is 0. The zero-order chi connectivity index (χ0) is 25.0. The SMILES string of the molecule is Cc1cccc(C2/C(=C(\O)c3ccc(Cl)c(Cl)c3)C(=O)C(=O)N2c2nc3cc(C)c(C)cc3s2)c1. The van der Waals surface area contributed by atoms with Crippen molar-refractivity contribution in [3.05, 3.63) is 98.0 Å². The maximum atomic E-state index is 13.4. The van der Waals surface area contributed by atoms with Gasteiger partial charge in [-0.2, -0.15) is 0 Å². The highest BCUT2D eigenvalue weighted by Gasteiger charge is 2.48. The zero-order valence-corrected chi connectivity index (χ0v) is 21.4. The van der Waals surface area contributed by atoms with E-state index in [2.05, 4.69) is 0 Å². The summed E-state index contributed by atoms with van der Waals surface area (Å²) in [7, 11) is 0. The number of aliphatic hydroxyl groups excluding tert-OH is 1. The molecular formula is C27H20Cl2N2O3S. The topological polar surface area (TPSA) is 70.5 Å². The molecule has 4 aromatic rings. The van der Waals surface area contributed by atoms with Crippen molar-refractivity contribution >= 4 is 67.3 Å². The number of carbonyl (C=O) groups excluding carboxylic acids is 2. The summed E-state index contributed by atoms with van der Waals surface area (Å²) in [6, 6.07) is 15.2. The molecule has 1 atom stereocenters. The molecule has 0 bridgehead atoms. The number of thiazole rings is 1. The summed E-state index contributed by atoms with van der Waals surface area (Å²) >= 11 is 13.5. The predicted octanol–water partition coefficient (Wildman–Crippen LogP) is 7.15. The van der Waals surface area contributed by atoms with Crippen LogP contribution in [0.25, 0.3) is 16.0 Å². The summed E-state index contributed by atoms with van der Waals surface area (Å²) < 4.78 is 0.914. The van der Waals surface area contributed by atoms with Gasteiger partial charge in [0.1, 0.15) is 5.76 Å². The number of benzene rings is 3. The lowest BCUT2D eigenvalue weighted by Gasteiger charge is -2.23. The van der Waals surface area contributed by atoms with Crippen LogP contribution in [0.3, 0.4) is 0 Å². The molecule has 0 saturated carbocycles. The highest BCUT2D eigenvalue weighted by Crippen LogP contribution is 2.45. The van der Waals surface area contributed by atoms with Crippen molar-refractivity contribution in [3.63, 3.8) is 0 Å². The number of fused-ring (bicyclic) bond motifs is 1. The van der Waals surface area contributed by atoms with Gasteiger partial charge in [0.25, 0.3) is 5.78 Å². The van der Waals surface area contributed by atoms with Gasteiger partial charge >= 0.3 is 5.91 Å². The van der Waals surface area contributed by atoms with E-state index in [1.165, 1.54) is 28.4 Å². The van der Waals surface area contributed by atoms with E-state index >= 15 is 0 Å². The number of carbonyl (C=O) groups is 2. The lowest BCUT2D eigenvalue weighted by Crippen LogP contribution is -2.29. The Morgan fingerprint density at radius 1 is 0.971 bits per heavy atom. The number of rotatable bonds is 3. The van der Waals surface area contributed by atoms with E-state index in [9.17, 15) is 14.7 Å². The number of amides is 1. The van der Waals surface area contributed by atoms with Crippen molar-refractivity contribution in [3.8, 4) is 0 Å². The van der Waals surface area contributed by atoms with Crippen molar-refractivity contribution in [2.75, 3.05) is 4.90 Å². The van der Waals surface area contributed by atoms with Crippen LogP contribution in [0.1, 0.15) is 33.9 Å². The quantitative estimate of drug-likeness (QED) is 0.176. The second kappa shape index (κ2) is 8.79. The van der Waals surface area contributed by atoms with Crippen LogP contribution in [-0.2, 0) is 9.59 Å². The van der Waals surface area contributed by atoms with Gasteiger partial charge in [-0.05, 0) is 67.8 Å². The summed E-state index contributed by atoms with van der Waals surface area (Å²) in [4.78, 5) is 32.8. The highest BCUT2D eigenvalue weighted by molar-refractivity contribution is 7.22. The van der Waals surface area contributed by atoms with Crippen LogP contribution in [0.4, 0.5) is 5.13 Å². The van der Waals surface area contributed by atoms with E-state index in [4.69, 9.17) is 28.2 Å². The van der Waals surface area contributed by atoms with Gasteiger partial charge in [-0.1, -0.05) is 64.4 Å². The van der Waals surface area contributed by atoms with E-state index in [-0.39, 0.29) is 16.4 Å². The van der Waals surface area contributed by atoms with Crippen LogP contribution in [0.2, 0.25) is 10.0 Å². The van der Waals surface area contributed by atoms with Crippen LogP contribution in [0.15, 0.2) is 60.2 Å². The Hall–Kier alpha value is -3.19. The summed E-state index contributed by atoms with van der Waals surface area (Å²) in [5.41, 5.74) is 4.88. The van der Waals surface area contributed by atoms with Crippen LogP contribution >= 0.6 is 34.5 Å². The van der Waals surface area contributed by atoms with Crippen LogP contribution < -0.4 is 4.90 Å². The number of halogens is 2. The third-order valence-electron chi connectivity index (χ3n) is 6.19. The van der Waals surface area contributed by atoms with Crippen molar-refractivity contribution < 1.29 is 14.7 Å². The fraction of sp³-hybridized carbons (Fsp3) is 0.148. The Kier molecular flexibility index (Phi) is 5.91. The molecule has 3 aromatic carbocycles. The third kappa shape index (κ3) is 4.01. The number of nitrogens with zero attached hydrogens (tertiary/aromatic N) is 2. The Morgan fingerprint density at radius 2 is 1.71 bits per heavy atom. The van der Waals surface area contributed by atoms with Crippen molar-refractivity contribution in [2.45, 2.75) is 26.8 Å². The van der Waals surface area contributed by atoms with Gasteiger partial charge in [-0.15, -0.1) is 0 Å². The molecule has 35 heavy (non-hydrogen) atoms. The molecule has 1 unspecified atom stereocenters. The smallest absolute Gasteiger partial charge is 0.301 e. The van der Waals surface area contributed by atoms with Crippen LogP contribution in [-0.4, -0.2) is 21.8 Å². The van der Waals surface area contributed by atoms with Crippen LogP contribution in [0.5, 0.6) is 0 Å². The van der Waals surface area contributed by atoms with Gasteiger partial charge in [0, 0.05) is 5.56 Å². The molecule has 0 aliphatic carbocycles. The van der Waals surface area contributed by atoms with Gasteiger partial charge in [0.2, 0.25) is 0 Å². The number of Topliss-reactive ketones (excluding diaryl/α,β-unsaturated/α-hetero) is 1. The fourth-order valence-corrected chi connectivity index (χ4v) is 5.63. The molecule has 0 spiro atoms. The molecule has 1 fully saturated rings. The summed E-state index contributed by atoms with van der Waals surface area (Å²) in [5, 5.41) is 12.2. The Balaban J connectivity index is 1.75. The van der Waals surface area contributed by atoms with E-state index in [1.807, 2.05) is 57.2 Å². The molecule has 2 heterocycles. The van der Waals surface area contributed by atoms with E-state index < -0.39 is 17.7 Å². The maximum Gasteiger partial charge on any atom is 0.301 e. The first-order chi connectivity index (χ1) is 16.7. The number of anilines is 1. The summed E-state index contributed by atoms with van der Waals surface area (Å²) in [6.45, 7) is 5.95. The second-order valence-corrected chi connectivity index (χ2v) is 10.4. The fourth-order valence-electron chi connectivity index (χ4n) is 4.26. The maximum absolute atomic E-state index is 13.4. The molecule has 1 amide bonds. The first-order valence-corrected chi connectivity index (χ1v) is 12.4. The predicted molar refractivity (Wildman–Crippen MR) is 142 cm³/mol. The molecule has 1 saturated heterocycles. The molecule has 1 aliphatic rings. The van der Waals surface area contributed by atoms with Crippen molar-refractivity contribution in [1.29, 1.82) is 0 Å². The molecule has 5 rings (SSSR count). The second-order valence-electron chi connectivity index (χ2n) is 8.61. The first kappa shape index (κ1) is 23.5. The number of hydrogen-bond acceptors (Lipinski definition) is 5. The molecule has 5 nitrogen and oxygen atoms in total. The number of aliphatic hydroxyl groups is 1. The minimum Gasteiger partial charge on any atom is -0.507 e. The number of ketones is 1. The van der Waals surface area contributed by atoms with E-state index in [0.717, 1.165) is 26.9 Å². The molecule has 1 aromatic heterocycles. The normalized spacial score (nSPS) is 17.5. The minimum atomic E-state index is -0.855. The van der Waals surface area contributed by atoms with Gasteiger partial charge in [0.05, 0.1) is 31.9 Å². The van der Waals surface area contributed by atoms with Crippen LogP contribution in [0, 0.1) is 20.8 Å². The minimum absolute atomic E-state index is 0.0226. The summed E-state index contributed by atoms with van der Waals surface area (Å²) in [5.74, 6) is -1.85. The highest BCUT2D eigenvalue weighted by atomic mass is 35.5. The van der Waals surface area contributed by atoms with Gasteiger partial charge in [-0.25, -0.2) is 4.98 Å². The van der Waals surface area contributed by atoms with E-state index in [1.54, 1.807) is 6.07 Å². The number of aryl methyl sites for hydroxylation is 3. The first-order valence-electron chi connectivity index (χ1n) is 10.9. The zero-order valence-electron chi connectivity index (χ0n) is 19.1. The van der Waals surface area contributed by atoms with Crippen molar-refractivity contribution in [1.82, 2.24) is 4.98 Å². The molecule has 1 N–H and O–H groups in total. The lowest BCUT2D eigenvalue weighted by atomic mass is 9.94. The number of aromatic nitrogens is 1. The third-order valence-corrected chi connectivity index (χ3v) is 7.95. The van der Waals surface area contributed by atoms with Gasteiger partial charge in [-0.3, -0.25) is 14.5 Å². The Bertz CT molecular complexity index is 1540. The van der Waals surface area contributed by atoms with Gasteiger partial charge < -0.3 is 5.11 Å². The molecule has 176 valence electrons. The lowest BCUT2D eigenvalue weighted by molar-refractivity contribution is -0.132. The monoisotopic (exact) mass is 522 g/mol. The average Bonchev–Trinajstić information content (AvgIpc) is 3.33. The van der Waals surface area contributed by atoms with Crippen molar-refractivity contribution in [2.24, 2.45) is 0 Å². The Labute approximate surface area is 216 Å². The molecule has 0 radical (unpaired) electrons. The standard InChI is InChI=1S/C27H20Cl2N2O3S/c1-13-5-4-6-16(9-13)23-22(24(32)17-7-8-18(28)19(29)12-17)25(33)26(34)31(23)27-30-20-10-14(2)15(3)11-21(20)35-27/h4-12,23,32H,1-3H3/b24-22+. The van der Waals surface area contributed by atoms with E-state index in [0.29, 0.717) is 21.3 Å². The average molecular weight is 523 g/mol. The number of hydrogen-bond donors (Lipinski definition) is 1. The molecular weight excluding hydrogens is 503 g/mol. The largest absolute Gasteiger partial charge is 0.507 e. The van der Waals surface area contributed by atoms with Gasteiger partial charge in [0.15, 0.2) is 5.13 Å².